The molecule has 0 atom stereocenters. The van der Waals surface area contributed by atoms with Crippen LogP contribution in [0.5, 0.6) is 0 Å². The summed E-state index contributed by atoms with van der Waals surface area (Å²) in [5.74, 6) is 0. The van der Waals surface area contributed by atoms with Crippen LogP contribution in [0.15, 0.2) is 18.2 Å². The number of hydrogen-bond donors (Lipinski definition) is 1. The van der Waals surface area contributed by atoms with Crippen LogP contribution in [0.1, 0.15) is 36.8 Å². The van der Waals surface area contributed by atoms with Gasteiger partial charge in [0, 0.05) is 31.4 Å². The molecule has 0 amide bonds. The summed E-state index contributed by atoms with van der Waals surface area (Å²) < 4.78 is 0. The first-order chi connectivity index (χ1) is 8.24. The fraction of sp³-hybridized carbons (Fsp3) is 0.600. The molecule has 3 rings (SSSR count). The second-order valence-electron chi connectivity index (χ2n) is 5.62. The van der Waals surface area contributed by atoms with E-state index in [1.165, 1.54) is 42.5 Å². The molecule has 92 valence electrons. The van der Waals surface area contributed by atoms with Crippen molar-refractivity contribution in [1.82, 2.24) is 5.32 Å². The summed E-state index contributed by atoms with van der Waals surface area (Å²) in [4.78, 5) is 2.44. The predicted molar refractivity (Wildman–Crippen MR) is 72.5 cm³/mol. The van der Waals surface area contributed by atoms with Gasteiger partial charge in [0.2, 0.25) is 0 Å². The molecule has 0 radical (unpaired) electrons. The topological polar surface area (TPSA) is 15.3 Å². The van der Waals surface area contributed by atoms with Gasteiger partial charge >= 0.3 is 0 Å². The zero-order valence-electron chi connectivity index (χ0n) is 10.9. The first-order valence-corrected chi connectivity index (χ1v) is 6.80. The van der Waals surface area contributed by atoms with Crippen LogP contribution in [-0.2, 0) is 6.54 Å². The van der Waals surface area contributed by atoms with Crippen molar-refractivity contribution in [3.63, 3.8) is 0 Å². The molecule has 2 saturated carbocycles. The van der Waals surface area contributed by atoms with E-state index in [2.05, 4.69) is 42.4 Å². The summed E-state index contributed by atoms with van der Waals surface area (Å²) in [6.07, 6.45) is 5.45. The van der Waals surface area contributed by atoms with Gasteiger partial charge in [-0.3, -0.25) is 0 Å². The Kier molecular flexibility index (Phi) is 2.83. The third-order valence-electron chi connectivity index (χ3n) is 3.91. The van der Waals surface area contributed by atoms with Crippen LogP contribution in [-0.4, -0.2) is 19.1 Å². The Bertz CT molecular complexity index is 405. The van der Waals surface area contributed by atoms with Crippen LogP contribution in [0, 0.1) is 6.92 Å². The monoisotopic (exact) mass is 230 g/mol. The second-order valence-corrected chi connectivity index (χ2v) is 5.62. The summed E-state index contributed by atoms with van der Waals surface area (Å²) in [6, 6.07) is 8.49. The first kappa shape index (κ1) is 11.1. The molecule has 1 aromatic rings. The molecule has 2 aliphatic rings. The van der Waals surface area contributed by atoms with Crippen LogP contribution < -0.4 is 10.2 Å². The maximum absolute atomic E-state index is 3.57. The van der Waals surface area contributed by atoms with E-state index in [-0.39, 0.29) is 0 Å². The number of nitrogens with zero attached hydrogens (tertiary/aromatic N) is 1. The number of aryl methyl sites for hydroxylation is 1. The molecular formula is C15H22N2. The molecule has 0 spiro atoms. The van der Waals surface area contributed by atoms with Gasteiger partial charge < -0.3 is 10.2 Å². The van der Waals surface area contributed by atoms with Gasteiger partial charge in [0.1, 0.15) is 0 Å². The van der Waals surface area contributed by atoms with Gasteiger partial charge in [-0.25, -0.2) is 0 Å². The molecule has 0 aliphatic heterocycles. The third-order valence-corrected chi connectivity index (χ3v) is 3.91. The van der Waals surface area contributed by atoms with Crippen molar-refractivity contribution < 1.29 is 0 Å². The van der Waals surface area contributed by atoms with E-state index in [0.29, 0.717) is 0 Å². The average Bonchev–Trinajstić information content (AvgIpc) is 3.17. The SMILES string of the molecule is Cc1cc(CNC2CC2)ccc1N(C)C1CC1. The minimum absolute atomic E-state index is 0.795. The maximum atomic E-state index is 3.57. The van der Waals surface area contributed by atoms with E-state index >= 15 is 0 Å². The molecule has 0 aromatic heterocycles. The highest BCUT2D eigenvalue weighted by Gasteiger charge is 2.27. The standard InChI is InChI=1S/C15H22N2/c1-11-9-12(10-16-13-4-5-13)3-8-15(11)17(2)14-6-7-14/h3,8-9,13-14,16H,4-7,10H2,1-2H3. The molecule has 2 aliphatic carbocycles. The summed E-state index contributed by atoms with van der Waals surface area (Å²) >= 11 is 0. The Morgan fingerprint density at radius 2 is 2.00 bits per heavy atom. The highest BCUT2D eigenvalue weighted by molar-refractivity contribution is 5.55. The fourth-order valence-corrected chi connectivity index (χ4v) is 2.43. The van der Waals surface area contributed by atoms with Crippen LogP contribution >= 0.6 is 0 Å². The summed E-state index contributed by atoms with van der Waals surface area (Å²) in [5.41, 5.74) is 4.24. The van der Waals surface area contributed by atoms with E-state index in [4.69, 9.17) is 0 Å². The van der Waals surface area contributed by atoms with Gasteiger partial charge in [0.05, 0.1) is 0 Å². The molecule has 1 N–H and O–H groups in total. The molecule has 0 bridgehead atoms. The first-order valence-electron chi connectivity index (χ1n) is 6.80. The molecular weight excluding hydrogens is 208 g/mol. The van der Waals surface area contributed by atoms with Gasteiger partial charge in [0.25, 0.3) is 0 Å². The Hall–Kier alpha value is -1.02. The predicted octanol–water partition coefficient (Wildman–Crippen LogP) is 2.85. The lowest BCUT2D eigenvalue weighted by Gasteiger charge is -2.21. The van der Waals surface area contributed by atoms with Crippen molar-refractivity contribution in [2.45, 2.75) is 51.2 Å². The van der Waals surface area contributed by atoms with Crippen molar-refractivity contribution in [3.05, 3.63) is 29.3 Å². The van der Waals surface area contributed by atoms with Crippen molar-refractivity contribution >= 4 is 5.69 Å². The normalized spacial score (nSPS) is 19.4. The fourth-order valence-electron chi connectivity index (χ4n) is 2.43. The number of anilines is 1. The Labute approximate surface area is 104 Å². The minimum Gasteiger partial charge on any atom is -0.371 e. The Morgan fingerprint density at radius 3 is 2.59 bits per heavy atom. The highest BCUT2D eigenvalue weighted by atomic mass is 15.2. The Morgan fingerprint density at radius 1 is 1.24 bits per heavy atom. The largest absolute Gasteiger partial charge is 0.371 e. The van der Waals surface area contributed by atoms with Crippen molar-refractivity contribution in [1.29, 1.82) is 0 Å². The molecule has 0 heterocycles. The molecule has 0 unspecified atom stereocenters. The van der Waals surface area contributed by atoms with Crippen molar-refractivity contribution in [2.75, 3.05) is 11.9 Å². The van der Waals surface area contributed by atoms with Gasteiger partial charge in [0.15, 0.2) is 0 Å². The second kappa shape index (κ2) is 4.34. The lowest BCUT2D eigenvalue weighted by Crippen LogP contribution is -2.21. The summed E-state index contributed by atoms with van der Waals surface area (Å²) in [7, 11) is 2.22. The quantitative estimate of drug-likeness (QED) is 0.836. The minimum atomic E-state index is 0.795. The van der Waals surface area contributed by atoms with Crippen LogP contribution in [0.2, 0.25) is 0 Å². The van der Waals surface area contributed by atoms with Gasteiger partial charge in [-0.1, -0.05) is 12.1 Å². The van der Waals surface area contributed by atoms with Gasteiger partial charge in [-0.2, -0.15) is 0 Å². The van der Waals surface area contributed by atoms with E-state index < -0.39 is 0 Å². The lowest BCUT2D eigenvalue weighted by molar-refractivity contribution is 0.687. The zero-order chi connectivity index (χ0) is 11.8. The van der Waals surface area contributed by atoms with E-state index in [1.54, 1.807) is 0 Å². The van der Waals surface area contributed by atoms with E-state index in [9.17, 15) is 0 Å². The average molecular weight is 230 g/mol. The molecule has 0 saturated heterocycles. The van der Waals surface area contributed by atoms with Gasteiger partial charge in [-0.05, 0) is 49.8 Å². The Balaban J connectivity index is 1.68. The molecule has 1 aromatic carbocycles. The van der Waals surface area contributed by atoms with Crippen LogP contribution in [0.25, 0.3) is 0 Å². The highest BCUT2D eigenvalue weighted by Crippen LogP contribution is 2.32. The van der Waals surface area contributed by atoms with Crippen LogP contribution in [0.4, 0.5) is 5.69 Å². The van der Waals surface area contributed by atoms with Crippen molar-refractivity contribution in [3.8, 4) is 0 Å². The maximum Gasteiger partial charge on any atom is 0.0396 e. The molecule has 2 heteroatoms. The van der Waals surface area contributed by atoms with Gasteiger partial charge in [-0.15, -0.1) is 0 Å². The number of rotatable bonds is 5. The number of benzene rings is 1. The summed E-state index contributed by atoms with van der Waals surface area (Å²) in [6.45, 7) is 3.26. The molecule has 17 heavy (non-hydrogen) atoms. The molecule has 2 nitrogen and oxygen atoms in total. The smallest absolute Gasteiger partial charge is 0.0396 e. The molecule has 2 fully saturated rings. The van der Waals surface area contributed by atoms with E-state index in [0.717, 1.165) is 18.6 Å². The zero-order valence-corrected chi connectivity index (χ0v) is 10.9. The lowest BCUT2D eigenvalue weighted by atomic mass is 10.1. The van der Waals surface area contributed by atoms with Crippen molar-refractivity contribution in [2.24, 2.45) is 0 Å². The van der Waals surface area contributed by atoms with E-state index in [1.807, 2.05) is 0 Å². The summed E-state index contributed by atoms with van der Waals surface area (Å²) in [5, 5.41) is 3.57. The number of hydrogen-bond acceptors (Lipinski definition) is 2. The number of nitrogens with one attached hydrogen (secondary N) is 1. The van der Waals surface area contributed by atoms with Crippen LogP contribution in [0.3, 0.4) is 0 Å². The third kappa shape index (κ3) is 2.63.